The molecule has 4 aromatic rings. The Labute approximate surface area is 154 Å². The summed E-state index contributed by atoms with van der Waals surface area (Å²) >= 11 is 6.09. The fraction of sp³-hybridized carbons (Fsp3) is 0. The van der Waals surface area contributed by atoms with Crippen molar-refractivity contribution in [3.8, 4) is 11.1 Å². The molecule has 4 rings (SSSR count). The van der Waals surface area contributed by atoms with Crippen LogP contribution in [0, 0.1) is 0 Å². The summed E-state index contributed by atoms with van der Waals surface area (Å²) in [6, 6.07) is 13.4. The normalized spacial score (nSPS) is 11.6. The third-order valence-corrected chi connectivity index (χ3v) is 5.46. The maximum atomic E-state index is 12.5. The van der Waals surface area contributed by atoms with E-state index in [1.165, 1.54) is 12.1 Å². The fourth-order valence-electron chi connectivity index (χ4n) is 2.50. The van der Waals surface area contributed by atoms with Crippen molar-refractivity contribution in [1.29, 1.82) is 0 Å². The first-order valence-electron chi connectivity index (χ1n) is 7.60. The Balaban J connectivity index is 1.72. The summed E-state index contributed by atoms with van der Waals surface area (Å²) in [5.74, 6) is 0. The van der Waals surface area contributed by atoms with E-state index in [1.807, 2.05) is 6.07 Å². The Morgan fingerprint density at radius 3 is 2.50 bits per heavy atom. The van der Waals surface area contributed by atoms with E-state index in [0.717, 1.165) is 10.9 Å². The van der Waals surface area contributed by atoms with Gasteiger partial charge in [-0.3, -0.25) is 4.72 Å². The molecule has 8 heteroatoms. The van der Waals surface area contributed by atoms with Gasteiger partial charge < -0.3 is 4.42 Å². The van der Waals surface area contributed by atoms with Crippen molar-refractivity contribution in [1.82, 2.24) is 9.97 Å². The number of anilines is 1. The molecule has 1 N–H and O–H groups in total. The number of fused-ring (bicyclic) bond motifs is 1. The van der Waals surface area contributed by atoms with E-state index in [0.29, 0.717) is 11.3 Å². The molecule has 26 heavy (non-hydrogen) atoms. The summed E-state index contributed by atoms with van der Waals surface area (Å²) < 4.78 is 32.7. The maximum absolute atomic E-state index is 12.5. The van der Waals surface area contributed by atoms with Crippen molar-refractivity contribution in [2.45, 2.75) is 4.90 Å². The van der Waals surface area contributed by atoms with Crippen LogP contribution in [0.15, 0.2) is 76.5 Å². The van der Waals surface area contributed by atoms with Gasteiger partial charge in [-0.2, -0.15) is 0 Å². The number of rotatable bonds is 4. The smallest absolute Gasteiger partial charge is 0.261 e. The number of benzene rings is 1. The van der Waals surface area contributed by atoms with E-state index in [1.54, 1.807) is 49.0 Å². The van der Waals surface area contributed by atoms with Crippen LogP contribution in [0.5, 0.6) is 0 Å². The van der Waals surface area contributed by atoms with Gasteiger partial charge in [-0.15, -0.1) is 0 Å². The van der Waals surface area contributed by atoms with Crippen LogP contribution in [0.3, 0.4) is 0 Å². The van der Waals surface area contributed by atoms with Gasteiger partial charge in [0.1, 0.15) is 0 Å². The monoisotopic (exact) mass is 385 g/mol. The zero-order valence-corrected chi connectivity index (χ0v) is 14.8. The van der Waals surface area contributed by atoms with Gasteiger partial charge in [0.05, 0.1) is 16.8 Å². The molecule has 0 bridgehead atoms. The van der Waals surface area contributed by atoms with E-state index in [9.17, 15) is 8.42 Å². The average molecular weight is 386 g/mol. The van der Waals surface area contributed by atoms with Crippen LogP contribution in [-0.4, -0.2) is 18.4 Å². The largest absolute Gasteiger partial charge is 0.446 e. The molecular formula is C18H12ClN3O3S. The van der Waals surface area contributed by atoms with Crippen LogP contribution in [0.4, 0.5) is 5.69 Å². The van der Waals surface area contributed by atoms with Crippen molar-refractivity contribution < 1.29 is 12.8 Å². The van der Waals surface area contributed by atoms with E-state index in [2.05, 4.69) is 14.7 Å². The first kappa shape index (κ1) is 16.6. The molecule has 0 radical (unpaired) electrons. The zero-order chi connectivity index (χ0) is 18.1. The standard InChI is InChI=1S/C18H12ClN3O3S/c19-17-16(22-26(23,24)15-4-2-1-3-5-15)9-14(10-20-17)13-8-12-6-7-25-18(12)21-11-13/h1-11,22H. The summed E-state index contributed by atoms with van der Waals surface area (Å²) in [4.78, 5) is 8.46. The highest BCUT2D eigenvalue weighted by atomic mass is 35.5. The van der Waals surface area contributed by atoms with Gasteiger partial charge in [0.25, 0.3) is 10.0 Å². The van der Waals surface area contributed by atoms with Gasteiger partial charge in [0.15, 0.2) is 5.15 Å². The third-order valence-electron chi connectivity index (χ3n) is 3.78. The van der Waals surface area contributed by atoms with Gasteiger partial charge in [-0.1, -0.05) is 29.8 Å². The molecule has 0 amide bonds. The molecule has 0 saturated heterocycles. The molecule has 0 spiro atoms. The van der Waals surface area contributed by atoms with Gasteiger partial charge in [0.2, 0.25) is 5.71 Å². The SMILES string of the molecule is O=S(=O)(Nc1cc(-c2cnc3occc3c2)cnc1Cl)c1ccccc1. The quantitative estimate of drug-likeness (QED) is 0.528. The number of hydrogen-bond donors (Lipinski definition) is 1. The molecule has 0 saturated carbocycles. The summed E-state index contributed by atoms with van der Waals surface area (Å²) in [5.41, 5.74) is 2.17. The van der Waals surface area contributed by atoms with Crippen LogP contribution in [0.1, 0.15) is 0 Å². The van der Waals surface area contributed by atoms with Crippen molar-refractivity contribution in [3.05, 3.63) is 72.3 Å². The second kappa shape index (κ2) is 6.44. The lowest BCUT2D eigenvalue weighted by Crippen LogP contribution is -2.13. The lowest BCUT2D eigenvalue weighted by Gasteiger charge is -2.11. The minimum Gasteiger partial charge on any atom is -0.446 e. The maximum Gasteiger partial charge on any atom is 0.261 e. The molecule has 0 aliphatic rings. The van der Waals surface area contributed by atoms with Crippen LogP contribution < -0.4 is 4.72 Å². The number of hydrogen-bond acceptors (Lipinski definition) is 5. The average Bonchev–Trinajstić information content (AvgIpc) is 3.12. The molecule has 6 nitrogen and oxygen atoms in total. The Morgan fingerprint density at radius 2 is 1.69 bits per heavy atom. The molecule has 0 atom stereocenters. The third kappa shape index (κ3) is 3.14. The lowest BCUT2D eigenvalue weighted by atomic mass is 10.1. The van der Waals surface area contributed by atoms with Crippen LogP contribution in [0.2, 0.25) is 5.15 Å². The van der Waals surface area contributed by atoms with Gasteiger partial charge in [-0.05, 0) is 30.3 Å². The highest BCUT2D eigenvalue weighted by molar-refractivity contribution is 7.92. The number of aromatic nitrogens is 2. The van der Waals surface area contributed by atoms with Crippen LogP contribution >= 0.6 is 11.6 Å². The van der Waals surface area contributed by atoms with E-state index in [4.69, 9.17) is 16.0 Å². The molecule has 3 heterocycles. The summed E-state index contributed by atoms with van der Waals surface area (Å²) in [7, 11) is -3.77. The van der Waals surface area contributed by atoms with Crippen LogP contribution in [-0.2, 0) is 10.0 Å². The van der Waals surface area contributed by atoms with Gasteiger partial charge in [-0.25, -0.2) is 18.4 Å². The highest BCUT2D eigenvalue weighted by Gasteiger charge is 2.16. The van der Waals surface area contributed by atoms with Crippen molar-refractivity contribution in [2.24, 2.45) is 0 Å². The van der Waals surface area contributed by atoms with Crippen LogP contribution in [0.25, 0.3) is 22.2 Å². The second-order valence-corrected chi connectivity index (χ2v) is 7.56. The first-order valence-corrected chi connectivity index (χ1v) is 9.46. The highest BCUT2D eigenvalue weighted by Crippen LogP contribution is 2.29. The Kier molecular flexibility index (Phi) is 4.10. The molecular weight excluding hydrogens is 374 g/mol. The lowest BCUT2D eigenvalue weighted by molar-refractivity contribution is 0.601. The fourth-order valence-corrected chi connectivity index (χ4v) is 3.78. The number of halogens is 1. The van der Waals surface area contributed by atoms with Crippen molar-refractivity contribution in [3.63, 3.8) is 0 Å². The number of nitrogens with zero attached hydrogens (tertiary/aromatic N) is 2. The van der Waals surface area contributed by atoms with Gasteiger partial charge in [0, 0.05) is 28.9 Å². The van der Waals surface area contributed by atoms with Crippen molar-refractivity contribution in [2.75, 3.05) is 4.72 Å². The number of sulfonamides is 1. The summed E-state index contributed by atoms with van der Waals surface area (Å²) in [6.45, 7) is 0. The summed E-state index contributed by atoms with van der Waals surface area (Å²) in [6.07, 6.45) is 4.75. The minimum absolute atomic E-state index is 0.0607. The predicted octanol–water partition coefficient (Wildman–Crippen LogP) is 4.34. The van der Waals surface area contributed by atoms with Crippen molar-refractivity contribution >= 4 is 38.4 Å². The van der Waals surface area contributed by atoms with E-state index >= 15 is 0 Å². The number of furan rings is 1. The molecule has 0 unspecified atom stereocenters. The molecule has 0 aliphatic carbocycles. The Morgan fingerprint density at radius 1 is 0.962 bits per heavy atom. The van der Waals surface area contributed by atoms with E-state index in [-0.39, 0.29) is 15.7 Å². The number of nitrogens with one attached hydrogen (secondary N) is 1. The molecule has 0 aliphatic heterocycles. The van der Waals surface area contributed by atoms with Gasteiger partial charge >= 0.3 is 0 Å². The zero-order valence-electron chi connectivity index (χ0n) is 13.3. The molecule has 130 valence electrons. The second-order valence-electron chi connectivity index (χ2n) is 5.52. The minimum atomic E-state index is -3.77. The Bertz CT molecular complexity index is 1190. The topological polar surface area (TPSA) is 85.1 Å². The summed E-state index contributed by atoms with van der Waals surface area (Å²) in [5, 5.41) is 0.898. The molecule has 1 aromatic carbocycles. The van der Waals surface area contributed by atoms with E-state index < -0.39 is 10.0 Å². The molecule has 0 fully saturated rings. The number of pyridine rings is 2. The predicted molar refractivity (Wildman–Crippen MR) is 99.5 cm³/mol. The first-order chi connectivity index (χ1) is 12.5. The molecule has 3 aromatic heterocycles. The Hall–Kier alpha value is -2.90.